The van der Waals surface area contributed by atoms with Crippen molar-refractivity contribution in [3.05, 3.63) is 313 Å². The summed E-state index contributed by atoms with van der Waals surface area (Å²) in [5, 5.41) is 40.0. The number of phosphoric acid groups is 2. The number of ether oxygens (including phenoxy) is 2. The highest BCUT2D eigenvalue weighted by Crippen LogP contribution is 2.55. The number of anilines is 5. The molecular formula is C109H105N15O18P2S. The second-order valence-corrected chi connectivity index (χ2v) is 41.6. The molecule has 18 rings (SSSR count). The average molecular weight is 2010 g/mol. The number of carboxylic acids is 2. The Bertz CT molecular complexity index is 8110. The number of pyridine rings is 3. The first-order valence-electron chi connectivity index (χ1n) is 47.0. The summed E-state index contributed by atoms with van der Waals surface area (Å²) in [5.74, 6) is 2.38. The predicted molar refractivity (Wildman–Crippen MR) is 544 cm³/mol. The number of hydrogen-bond acceptors (Lipinski definition) is 25. The zero-order chi connectivity index (χ0) is 103. The normalized spacial score (nSPS) is 15.7. The number of nitrogens with one attached hydrogen (secondary N) is 3. The number of amides is 3. The lowest BCUT2D eigenvalue weighted by Gasteiger charge is -2.43. The van der Waals surface area contributed by atoms with Gasteiger partial charge in [-0.25, -0.2) is 18.9 Å². The Balaban J connectivity index is 0.640. The average Bonchev–Trinajstić information content (AvgIpc) is 0.734. The number of nitrogens with two attached hydrogens (primary N) is 1. The van der Waals surface area contributed by atoms with E-state index in [1.54, 1.807) is 65.4 Å². The fourth-order valence-electron chi connectivity index (χ4n) is 19.9. The number of aromatic carboxylic acids is 2. The van der Waals surface area contributed by atoms with Crippen molar-refractivity contribution < 1.29 is 94.4 Å². The molecule has 1 fully saturated rings. The largest absolute Gasteiger partial charge is 0.756 e. The first-order valence-corrected chi connectivity index (χ1v) is 50.7. The maximum Gasteiger partial charge on any atom is 0.304 e. The van der Waals surface area contributed by atoms with Crippen molar-refractivity contribution >= 4 is 124 Å². The number of likely N-dealkylation sites (N-methyl/N-ethyl adjacent to an activating group) is 2. The van der Waals surface area contributed by atoms with Crippen molar-refractivity contribution in [2.45, 2.75) is 121 Å². The maximum absolute atomic E-state index is 15.7. The van der Waals surface area contributed by atoms with Crippen LogP contribution in [0.5, 0.6) is 11.5 Å². The number of aromatic nitrogens is 6. The van der Waals surface area contributed by atoms with Crippen molar-refractivity contribution in [1.29, 1.82) is 0 Å². The van der Waals surface area contributed by atoms with Crippen LogP contribution in [0.15, 0.2) is 239 Å². The molecule has 0 spiro atoms. The van der Waals surface area contributed by atoms with Gasteiger partial charge < -0.3 is 98.7 Å². The van der Waals surface area contributed by atoms with Crippen molar-refractivity contribution in [1.82, 2.24) is 35.1 Å². The molecule has 10 heterocycles. The highest BCUT2D eigenvalue weighted by atomic mass is 32.2. The number of allylic oxidation sites excluding steroid dienone is 2. The molecule has 1 saturated heterocycles. The Kier molecular flexibility index (Phi) is 27.2. The first kappa shape index (κ1) is 99.9. The molecule has 1 aliphatic carbocycles. The lowest BCUT2D eigenvalue weighted by atomic mass is 9.82. The van der Waals surface area contributed by atoms with Gasteiger partial charge in [0.2, 0.25) is 11.0 Å². The lowest BCUT2D eigenvalue weighted by molar-refractivity contribution is -0.637. The molecule has 12 aromatic rings. The molecule has 0 saturated carbocycles. The van der Waals surface area contributed by atoms with Crippen LogP contribution < -0.4 is 100 Å². The number of carbonyl (C=O) groups is 5. The third-order valence-electron chi connectivity index (χ3n) is 26.7. The molecule has 5 aliphatic heterocycles. The van der Waals surface area contributed by atoms with Crippen molar-refractivity contribution in [3.8, 4) is 62.9 Å². The van der Waals surface area contributed by atoms with Crippen molar-refractivity contribution in [3.63, 3.8) is 0 Å². The summed E-state index contributed by atoms with van der Waals surface area (Å²) in [6.07, 6.45) is 17.8. The molecule has 36 heteroatoms. The van der Waals surface area contributed by atoms with Crippen LogP contribution in [0.4, 0.5) is 28.6 Å². The molecular weight excluding hydrogens is 1900 g/mol. The Hall–Kier alpha value is -15.3. The maximum atomic E-state index is 15.7. The summed E-state index contributed by atoms with van der Waals surface area (Å²) in [7, 11) is 0.612. The van der Waals surface area contributed by atoms with E-state index < -0.39 is 69.7 Å². The van der Waals surface area contributed by atoms with Gasteiger partial charge in [0.25, 0.3) is 39.1 Å². The molecule has 7 aromatic carbocycles. The summed E-state index contributed by atoms with van der Waals surface area (Å²) in [4.78, 5) is 136. The van der Waals surface area contributed by atoms with Crippen LogP contribution in [-0.2, 0) is 35.8 Å². The molecule has 0 radical (unpaired) electrons. The Morgan fingerprint density at radius 2 is 1.26 bits per heavy atom. The van der Waals surface area contributed by atoms with Gasteiger partial charge in [-0.15, -0.1) is 0 Å². The van der Waals surface area contributed by atoms with Crippen LogP contribution in [0, 0.1) is 18.8 Å². The number of phosphoric ester groups is 1. The van der Waals surface area contributed by atoms with E-state index in [9.17, 15) is 48.0 Å². The monoisotopic (exact) mass is 2010 g/mol. The van der Waals surface area contributed by atoms with E-state index >= 15 is 9.90 Å². The highest BCUT2D eigenvalue weighted by molar-refractivity contribution is 7.99. The fraction of sp³-hybridized carbons (Fsp3) is 0.248. The van der Waals surface area contributed by atoms with Crippen molar-refractivity contribution in [2.75, 3.05) is 93.9 Å². The van der Waals surface area contributed by atoms with Crippen LogP contribution in [0.2, 0.25) is 0 Å². The topological polar surface area (TPSA) is 420 Å². The zero-order valence-electron chi connectivity index (χ0n) is 82.3. The van der Waals surface area contributed by atoms with Gasteiger partial charge in [0.1, 0.15) is 53.4 Å². The third-order valence-corrected chi connectivity index (χ3v) is 29.9. The SMILES string of the molecule is CCN1c2cc3c(cc2C(C)=CC1(C)C)C(c1c(C(=O)[O-])c(-[n+]2ccc(N(C)C)cc2)c(-[n+]2ccc(N(C)C)cc2)c(Sc2ccc(C(=O)NCc4ccc(C(=O)NCc5c6oc7cc(C)ccc7c(-c7cc(C(=O)NCC#Cc8cn(C9CCC(COP(=O)([O-])OP(=O)([O-])O)O9)c9ncnc(N)c89)ccc7C(=O)[O-])c-6ccc5=O)cc4)cc2)c1-[n+]1ccc(N(C)C)cc1)=c1cc2c(cc1O3)=[N+](CC)C(C)(C)C=C2C. The number of fused-ring (bicyclic) bond motifs is 7. The van der Waals surface area contributed by atoms with Gasteiger partial charge in [0.15, 0.2) is 53.0 Å². The molecule has 4 unspecified atom stereocenters. The lowest BCUT2D eigenvalue weighted by Crippen LogP contribution is -2.49. The molecule has 4 atom stereocenters. The number of rotatable bonds is 28. The van der Waals surface area contributed by atoms with Gasteiger partial charge >= 0.3 is 5.69 Å². The number of hydrogen-bond donors (Lipinski definition) is 5. The zero-order valence-corrected chi connectivity index (χ0v) is 84.9. The van der Waals surface area contributed by atoms with Crippen LogP contribution in [-0.4, -0.2) is 135 Å². The molecule has 3 amide bonds. The van der Waals surface area contributed by atoms with Gasteiger partial charge in [0, 0.05) is 212 Å². The van der Waals surface area contributed by atoms with Crippen LogP contribution >= 0.6 is 27.4 Å². The first-order chi connectivity index (χ1) is 69.0. The van der Waals surface area contributed by atoms with E-state index in [1.807, 2.05) is 163 Å². The minimum Gasteiger partial charge on any atom is -0.756 e. The van der Waals surface area contributed by atoms with Gasteiger partial charge in [-0.3, -0.25) is 28.3 Å². The minimum atomic E-state index is -5.68. The summed E-state index contributed by atoms with van der Waals surface area (Å²) < 4.78 is 61.2. The summed E-state index contributed by atoms with van der Waals surface area (Å²) in [5.41, 5.74) is 18.6. The number of carbonyl (C=O) groups excluding carboxylic acids is 5. The van der Waals surface area contributed by atoms with E-state index in [1.165, 1.54) is 48.4 Å². The van der Waals surface area contributed by atoms with Crippen LogP contribution in [0.1, 0.15) is 171 Å². The van der Waals surface area contributed by atoms with E-state index in [-0.39, 0.29) is 98.8 Å². The summed E-state index contributed by atoms with van der Waals surface area (Å²) >= 11 is 1.41. The number of aryl methyl sites for hydroxylation is 1. The molecule has 5 aromatic heterocycles. The third kappa shape index (κ3) is 19.7. The van der Waals surface area contributed by atoms with E-state index in [4.69, 9.17) is 24.5 Å². The molecule has 33 nitrogen and oxygen atoms in total. The van der Waals surface area contributed by atoms with E-state index in [0.29, 0.717) is 113 Å². The Morgan fingerprint density at radius 3 is 1.88 bits per heavy atom. The fourth-order valence-corrected chi connectivity index (χ4v) is 22.6. The van der Waals surface area contributed by atoms with Gasteiger partial charge in [-0.1, -0.05) is 60.0 Å². The quantitative estimate of drug-likeness (QED) is 0.0132. The second kappa shape index (κ2) is 39.5. The van der Waals surface area contributed by atoms with Crippen molar-refractivity contribution in [2.24, 2.45) is 0 Å². The van der Waals surface area contributed by atoms with Gasteiger partial charge in [-0.05, 0) is 174 Å². The smallest absolute Gasteiger partial charge is 0.304 e. The summed E-state index contributed by atoms with van der Waals surface area (Å²) in [6.45, 7) is 19.3. The van der Waals surface area contributed by atoms with Crippen LogP contribution in [0.3, 0.4) is 0 Å². The second-order valence-electron chi connectivity index (χ2n) is 37.8. The Morgan fingerprint density at radius 1 is 0.648 bits per heavy atom. The number of benzene rings is 8. The molecule has 6 aliphatic rings. The number of carboxylic acid groups (broad SMARTS) is 2. The summed E-state index contributed by atoms with van der Waals surface area (Å²) in [6, 6.07) is 46.2. The molecule has 145 heavy (non-hydrogen) atoms. The molecule has 6 N–H and O–H groups in total. The number of nitrogens with zero attached hydrogens (tertiary/aromatic N) is 11. The standard InChI is InChI=1S/C109H105N15O18P2S/c1-16-123-84-53-88-81(51-78(84)63(4)55-108(123,6)7)93(82-52-79-64(5)56-109(8,9)124(17-2)85(79)54-89(82)140-88)94-95(107(131)132)96(119-43-36-70(37-44-119)116(10)11)98(121-47-40-72(41-48-121)118(14)15)100(97(94)120-45-38-71(39-46-120)117(12)13)145-74-29-25-67(26-30-74)103(126)112-57-65-21-23-66(24-22-65)104(127)113-58-83-86(125)34-33-77-92(76-31-20-62(3)49-87(76)141-99(77)83)80-50-68(27-32-75(80)106(129)130)105(128)111-42-18-19-69-59-122(102-91(69)101(110)114-61-115-102)90-35-28-73(139-90)60-138-144(136,137)142-143(133,134)135/h20-27,29-34,36-41,43-56,59,61,73,90H,16-17,28,35,42,57-58,60H2,1-15H3,(H6-4,110,111,112,113,114,115,126,127,128,129,130,131,132,133,134,135,136,137). The predicted octanol–water partition coefficient (Wildman–Crippen LogP) is 10.5. The molecule has 0 bridgehead atoms. The number of nitrogen functional groups attached to an aromatic ring is 1. The molecule has 740 valence electrons. The van der Waals surface area contributed by atoms with E-state index in [0.717, 1.165) is 55.9 Å². The van der Waals surface area contributed by atoms with Gasteiger partial charge in [0.05, 0.1) is 77.0 Å². The van der Waals surface area contributed by atoms with E-state index in [2.05, 4.69) is 148 Å². The highest BCUT2D eigenvalue weighted by Gasteiger charge is 2.46. The minimum absolute atomic E-state index is 0.00954. The van der Waals surface area contributed by atoms with Gasteiger partial charge in [-0.2, -0.15) is 13.7 Å². The Labute approximate surface area is 839 Å². The van der Waals surface area contributed by atoms with Crippen LogP contribution in [0.25, 0.3) is 78.2 Å².